The molecule has 0 spiro atoms. The van der Waals surface area contributed by atoms with Crippen molar-refractivity contribution in [1.29, 1.82) is 0 Å². The summed E-state index contributed by atoms with van der Waals surface area (Å²) in [5.74, 6) is 2.42. The minimum absolute atomic E-state index is 0.219. The quantitative estimate of drug-likeness (QED) is 0.794. The molecule has 0 amide bonds. The number of benzene rings is 1. The highest BCUT2D eigenvalue weighted by molar-refractivity contribution is 5.42. The van der Waals surface area contributed by atoms with Crippen molar-refractivity contribution in [2.45, 2.75) is 31.8 Å². The molecule has 2 atom stereocenters. The number of nitrogens with one attached hydrogen (secondary N) is 1. The Morgan fingerprint density at radius 3 is 2.50 bits per heavy atom. The molecule has 1 saturated carbocycles. The van der Waals surface area contributed by atoms with E-state index in [0.29, 0.717) is 6.04 Å². The number of rotatable bonds is 8. The third-order valence-corrected chi connectivity index (χ3v) is 3.91. The Morgan fingerprint density at radius 1 is 1.20 bits per heavy atom. The Balaban J connectivity index is 2.08. The van der Waals surface area contributed by atoms with E-state index in [1.54, 1.807) is 21.3 Å². The molecule has 1 N–H and O–H groups in total. The summed E-state index contributed by atoms with van der Waals surface area (Å²) in [4.78, 5) is 0. The Hall–Kier alpha value is -1.26. The van der Waals surface area contributed by atoms with Crippen LogP contribution in [0.1, 0.15) is 31.4 Å². The molecule has 20 heavy (non-hydrogen) atoms. The summed E-state index contributed by atoms with van der Waals surface area (Å²) in [6.07, 6.45) is 2.60. The fourth-order valence-corrected chi connectivity index (χ4v) is 2.59. The van der Waals surface area contributed by atoms with Crippen LogP contribution in [0.3, 0.4) is 0 Å². The predicted molar refractivity (Wildman–Crippen MR) is 79.5 cm³/mol. The summed E-state index contributed by atoms with van der Waals surface area (Å²) in [7, 11) is 5.12. The second kappa shape index (κ2) is 6.95. The lowest BCUT2D eigenvalue weighted by molar-refractivity contribution is 0.152. The van der Waals surface area contributed by atoms with Crippen LogP contribution in [0, 0.1) is 5.92 Å². The van der Waals surface area contributed by atoms with Gasteiger partial charge in [-0.25, -0.2) is 0 Å². The maximum Gasteiger partial charge on any atom is 0.127 e. The molecule has 0 heterocycles. The van der Waals surface area contributed by atoms with Gasteiger partial charge < -0.3 is 19.5 Å². The van der Waals surface area contributed by atoms with Gasteiger partial charge in [-0.15, -0.1) is 0 Å². The fraction of sp³-hybridized carbons (Fsp3) is 0.625. The molecular formula is C16H25NO3. The van der Waals surface area contributed by atoms with Crippen molar-refractivity contribution >= 4 is 0 Å². The minimum Gasteiger partial charge on any atom is -0.497 e. The van der Waals surface area contributed by atoms with Crippen molar-refractivity contribution in [2.24, 2.45) is 5.92 Å². The van der Waals surface area contributed by atoms with E-state index >= 15 is 0 Å². The molecule has 1 aromatic rings. The molecule has 0 aliphatic heterocycles. The first kappa shape index (κ1) is 15.1. The number of hydrogen-bond acceptors (Lipinski definition) is 4. The first-order chi connectivity index (χ1) is 9.69. The van der Waals surface area contributed by atoms with E-state index in [2.05, 4.69) is 18.3 Å². The number of ether oxygens (including phenoxy) is 3. The predicted octanol–water partition coefficient (Wildman–Crippen LogP) is 2.78. The lowest BCUT2D eigenvalue weighted by Gasteiger charge is -2.24. The van der Waals surface area contributed by atoms with Gasteiger partial charge in [-0.3, -0.25) is 0 Å². The SMILES string of the molecule is COCC(NC(C)c1ccc(OC)cc1OC)C1CC1. The van der Waals surface area contributed by atoms with Gasteiger partial charge >= 0.3 is 0 Å². The van der Waals surface area contributed by atoms with Gasteiger partial charge in [0.05, 0.1) is 20.8 Å². The van der Waals surface area contributed by atoms with Crippen LogP contribution in [0.25, 0.3) is 0 Å². The van der Waals surface area contributed by atoms with Crippen molar-refractivity contribution in [1.82, 2.24) is 5.32 Å². The van der Waals surface area contributed by atoms with Gasteiger partial charge in [-0.05, 0) is 31.7 Å². The van der Waals surface area contributed by atoms with Gasteiger partial charge in [0.2, 0.25) is 0 Å². The summed E-state index contributed by atoms with van der Waals surface area (Å²) < 4.78 is 16.0. The molecule has 2 rings (SSSR count). The third kappa shape index (κ3) is 3.64. The molecule has 2 unspecified atom stereocenters. The maximum atomic E-state index is 5.48. The summed E-state index contributed by atoms with van der Waals surface area (Å²) in [6.45, 7) is 2.92. The van der Waals surface area contributed by atoms with E-state index in [0.717, 1.165) is 29.6 Å². The highest BCUT2D eigenvalue weighted by Crippen LogP contribution is 2.35. The van der Waals surface area contributed by atoms with Gasteiger partial charge in [-0.2, -0.15) is 0 Å². The molecule has 1 aromatic carbocycles. The van der Waals surface area contributed by atoms with Crippen molar-refractivity contribution < 1.29 is 14.2 Å². The van der Waals surface area contributed by atoms with E-state index in [1.807, 2.05) is 12.1 Å². The molecule has 0 saturated heterocycles. The van der Waals surface area contributed by atoms with E-state index in [-0.39, 0.29) is 6.04 Å². The van der Waals surface area contributed by atoms with Gasteiger partial charge in [0, 0.05) is 30.8 Å². The molecule has 1 aliphatic carbocycles. The van der Waals surface area contributed by atoms with Crippen molar-refractivity contribution in [3.8, 4) is 11.5 Å². The van der Waals surface area contributed by atoms with Crippen molar-refractivity contribution in [3.63, 3.8) is 0 Å². The second-order valence-corrected chi connectivity index (χ2v) is 5.40. The molecular weight excluding hydrogens is 254 g/mol. The smallest absolute Gasteiger partial charge is 0.127 e. The second-order valence-electron chi connectivity index (χ2n) is 5.40. The molecule has 1 fully saturated rings. The fourth-order valence-electron chi connectivity index (χ4n) is 2.59. The van der Waals surface area contributed by atoms with E-state index in [9.17, 15) is 0 Å². The summed E-state index contributed by atoms with van der Waals surface area (Å²) >= 11 is 0. The average Bonchev–Trinajstić information content (AvgIpc) is 3.30. The zero-order valence-electron chi connectivity index (χ0n) is 12.8. The zero-order chi connectivity index (χ0) is 14.5. The largest absolute Gasteiger partial charge is 0.497 e. The Morgan fingerprint density at radius 2 is 1.95 bits per heavy atom. The van der Waals surface area contributed by atoms with Gasteiger partial charge in [0.15, 0.2) is 0 Å². The lowest BCUT2D eigenvalue weighted by atomic mass is 10.0. The molecule has 112 valence electrons. The molecule has 1 aliphatic rings. The first-order valence-electron chi connectivity index (χ1n) is 7.16. The van der Waals surface area contributed by atoms with Crippen molar-refractivity contribution in [3.05, 3.63) is 23.8 Å². The van der Waals surface area contributed by atoms with Gasteiger partial charge in [-0.1, -0.05) is 6.07 Å². The molecule has 0 aromatic heterocycles. The Kier molecular flexibility index (Phi) is 5.26. The highest BCUT2D eigenvalue weighted by Gasteiger charge is 2.32. The van der Waals surface area contributed by atoms with Crippen molar-refractivity contribution in [2.75, 3.05) is 27.9 Å². The average molecular weight is 279 g/mol. The normalized spacial score (nSPS) is 17.6. The van der Waals surface area contributed by atoms with Crippen LogP contribution in [0.4, 0.5) is 0 Å². The number of methoxy groups -OCH3 is 3. The molecule has 4 heteroatoms. The summed E-state index contributed by atoms with van der Waals surface area (Å²) in [5, 5.41) is 3.66. The Bertz CT molecular complexity index is 432. The van der Waals surface area contributed by atoms with E-state index < -0.39 is 0 Å². The van der Waals surface area contributed by atoms with Crippen LogP contribution in [0.5, 0.6) is 11.5 Å². The van der Waals surface area contributed by atoms with Gasteiger partial charge in [0.25, 0.3) is 0 Å². The Labute approximate surface area is 121 Å². The van der Waals surface area contributed by atoms with E-state index in [4.69, 9.17) is 14.2 Å². The topological polar surface area (TPSA) is 39.7 Å². The van der Waals surface area contributed by atoms with Crippen LogP contribution in [-0.4, -0.2) is 34.0 Å². The molecule has 0 bridgehead atoms. The zero-order valence-corrected chi connectivity index (χ0v) is 12.8. The van der Waals surface area contributed by atoms with Crippen LogP contribution in [-0.2, 0) is 4.74 Å². The van der Waals surface area contributed by atoms with Crippen LogP contribution >= 0.6 is 0 Å². The molecule has 0 radical (unpaired) electrons. The highest BCUT2D eigenvalue weighted by atomic mass is 16.5. The lowest BCUT2D eigenvalue weighted by Crippen LogP contribution is -2.37. The number of hydrogen-bond donors (Lipinski definition) is 1. The van der Waals surface area contributed by atoms with Gasteiger partial charge in [0.1, 0.15) is 11.5 Å². The van der Waals surface area contributed by atoms with Crippen LogP contribution < -0.4 is 14.8 Å². The molecule has 4 nitrogen and oxygen atoms in total. The third-order valence-electron chi connectivity index (χ3n) is 3.91. The minimum atomic E-state index is 0.219. The maximum absolute atomic E-state index is 5.48. The first-order valence-corrected chi connectivity index (χ1v) is 7.16. The van der Waals surface area contributed by atoms with Crippen LogP contribution in [0.15, 0.2) is 18.2 Å². The van der Waals surface area contributed by atoms with E-state index in [1.165, 1.54) is 12.8 Å². The summed E-state index contributed by atoms with van der Waals surface area (Å²) in [5.41, 5.74) is 1.15. The standard InChI is InChI=1S/C16H25NO3/c1-11(17-15(10-18-2)12-5-6-12)14-8-7-13(19-3)9-16(14)20-4/h7-9,11-12,15,17H,5-6,10H2,1-4H3. The monoisotopic (exact) mass is 279 g/mol. The van der Waals surface area contributed by atoms with Crippen LogP contribution in [0.2, 0.25) is 0 Å². The summed E-state index contributed by atoms with van der Waals surface area (Å²) in [6, 6.07) is 6.60.